The van der Waals surface area contributed by atoms with Crippen molar-refractivity contribution in [3.8, 4) is 0 Å². The summed E-state index contributed by atoms with van der Waals surface area (Å²) in [5, 5.41) is 0. The van der Waals surface area contributed by atoms with E-state index in [0.717, 1.165) is 7.11 Å². The monoisotopic (exact) mass is 268 g/mol. The molecule has 1 aromatic rings. The number of carbonyl (C=O) groups is 2. The Morgan fingerprint density at radius 1 is 1.05 bits per heavy atom. The molecule has 0 N–H and O–H groups in total. The molecule has 19 heavy (non-hydrogen) atoms. The van der Waals surface area contributed by atoms with Gasteiger partial charge in [0.1, 0.15) is 5.60 Å². The molecule has 0 aliphatic carbocycles. The minimum atomic E-state index is -2.96. The average Bonchev–Trinajstić information content (AvgIpc) is 2.35. The lowest BCUT2D eigenvalue weighted by molar-refractivity contribution is -0.181. The SMILES string of the molecule is COC(=O)[C@@](F)(C(=O)OC(C)(C)C)c1ccccc1. The van der Waals surface area contributed by atoms with Gasteiger partial charge in [0.25, 0.3) is 0 Å². The number of ether oxygens (including phenoxy) is 2. The summed E-state index contributed by atoms with van der Waals surface area (Å²) in [5.74, 6) is -2.58. The third-order valence-corrected chi connectivity index (χ3v) is 2.32. The van der Waals surface area contributed by atoms with Gasteiger partial charge in [0.15, 0.2) is 0 Å². The fraction of sp³-hybridized carbons (Fsp3) is 0.429. The Balaban J connectivity index is 3.22. The zero-order valence-corrected chi connectivity index (χ0v) is 11.4. The summed E-state index contributed by atoms with van der Waals surface area (Å²) in [7, 11) is 1.02. The number of halogens is 1. The summed E-state index contributed by atoms with van der Waals surface area (Å²) in [6, 6.07) is 7.37. The van der Waals surface area contributed by atoms with E-state index < -0.39 is 23.2 Å². The minimum Gasteiger partial charge on any atom is -0.466 e. The summed E-state index contributed by atoms with van der Waals surface area (Å²) in [6.45, 7) is 4.77. The smallest absolute Gasteiger partial charge is 0.361 e. The second-order valence-electron chi connectivity index (χ2n) is 5.02. The largest absolute Gasteiger partial charge is 0.466 e. The predicted octanol–water partition coefficient (Wildman–Crippen LogP) is 2.37. The maximum Gasteiger partial charge on any atom is 0.361 e. The number of rotatable bonds is 3. The highest BCUT2D eigenvalue weighted by Gasteiger charge is 2.52. The van der Waals surface area contributed by atoms with Crippen LogP contribution in [0.1, 0.15) is 26.3 Å². The van der Waals surface area contributed by atoms with Gasteiger partial charge in [-0.3, -0.25) is 0 Å². The van der Waals surface area contributed by atoms with Crippen molar-refractivity contribution in [3.63, 3.8) is 0 Å². The second-order valence-corrected chi connectivity index (χ2v) is 5.02. The molecule has 4 nitrogen and oxygen atoms in total. The van der Waals surface area contributed by atoms with Crippen LogP contribution in [0.4, 0.5) is 4.39 Å². The van der Waals surface area contributed by atoms with Crippen LogP contribution < -0.4 is 0 Å². The van der Waals surface area contributed by atoms with Gasteiger partial charge in [0.2, 0.25) is 0 Å². The van der Waals surface area contributed by atoms with Crippen LogP contribution in [0.25, 0.3) is 0 Å². The van der Waals surface area contributed by atoms with Crippen molar-refractivity contribution in [1.82, 2.24) is 0 Å². The summed E-state index contributed by atoms with van der Waals surface area (Å²) >= 11 is 0. The van der Waals surface area contributed by atoms with Crippen LogP contribution in [0.15, 0.2) is 30.3 Å². The van der Waals surface area contributed by atoms with Crippen molar-refractivity contribution in [2.24, 2.45) is 0 Å². The summed E-state index contributed by atoms with van der Waals surface area (Å²) in [4.78, 5) is 23.6. The molecule has 1 rings (SSSR count). The molecule has 0 unspecified atom stereocenters. The third kappa shape index (κ3) is 3.30. The van der Waals surface area contributed by atoms with Gasteiger partial charge >= 0.3 is 17.6 Å². The van der Waals surface area contributed by atoms with Crippen LogP contribution >= 0.6 is 0 Å². The van der Waals surface area contributed by atoms with Gasteiger partial charge in [-0.15, -0.1) is 0 Å². The molecule has 0 fully saturated rings. The number of benzene rings is 1. The topological polar surface area (TPSA) is 52.6 Å². The highest BCUT2D eigenvalue weighted by atomic mass is 19.1. The van der Waals surface area contributed by atoms with Crippen molar-refractivity contribution in [1.29, 1.82) is 0 Å². The molecule has 1 atom stereocenters. The van der Waals surface area contributed by atoms with Crippen molar-refractivity contribution in [2.45, 2.75) is 32.0 Å². The first kappa shape index (κ1) is 15.1. The average molecular weight is 268 g/mol. The van der Waals surface area contributed by atoms with Gasteiger partial charge in [0, 0.05) is 5.56 Å². The van der Waals surface area contributed by atoms with Crippen LogP contribution in [0, 0.1) is 0 Å². The quantitative estimate of drug-likeness (QED) is 0.624. The van der Waals surface area contributed by atoms with Crippen LogP contribution in [0.5, 0.6) is 0 Å². The van der Waals surface area contributed by atoms with Crippen LogP contribution in [-0.4, -0.2) is 24.6 Å². The lowest BCUT2D eigenvalue weighted by Crippen LogP contribution is -2.44. The number of esters is 2. The Morgan fingerprint density at radius 2 is 1.58 bits per heavy atom. The molecule has 0 aliphatic heterocycles. The van der Waals surface area contributed by atoms with Crippen molar-refractivity contribution in [3.05, 3.63) is 35.9 Å². The molecular weight excluding hydrogens is 251 g/mol. The molecule has 1 aromatic carbocycles. The molecular formula is C14H17FO4. The van der Waals surface area contributed by atoms with Gasteiger partial charge in [-0.1, -0.05) is 30.3 Å². The normalized spacial score (nSPS) is 14.4. The Kier molecular flexibility index (Phi) is 4.29. The Morgan fingerprint density at radius 3 is 2.00 bits per heavy atom. The molecule has 0 saturated heterocycles. The second kappa shape index (κ2) is 5.38. The Hall–Kier alpha value is -1.91. The lowest BCUT2D eigenvalue weighted by atomic mass is 9.95. The number of hydrogen-bond acceptors (Lipinski definition) is 4. The van der Waals surface area contributed by atoms with Crippen molar-refractivity contribution < 1.29 is 23.5 Å². The highest BCUT2D eigenvalue weighted by Crippen LogP contribution is 2.31. The number of hydrogen-bond donors (Lipinski definition) is 0. The summed E-state index contributed by atoms with van der Waals surface area (Å²) in [5.41, 5.74) is -3.98. The first-order valence-electron chi connectivity index (χ1n) is 5.78. The summed E-state index contributed by atoms with van der Waals surface area (Å²) in [6.07, 6.45) is 0. The van der Waals surface area contributed by atoms with E-state index >= 15 is 0 Å². The van der Waals surface area contributed by atoms with Crippen LogP contribution in [0.2, 0.25) is 0 Å². The van der Waals surface area contributed by atoms with Crippen LogP contribution in [-0.2, 0) is 24.7 Å². The fourth-order valence-corrected chi connectivity index (χ4v) is 1.48. The maximum absolute atomic E-state index is 14.9. The van der Waals surface area contributed by atoms with Gasteiger partial charge < -0.3 is 9.47 Å². The molecule has 0 bridgehead atoms. The Labute approximate surface area is 111 Å². The van der Waals surface area contributed by atoms with Gasteiger partial charge in [0.05, 0.1) is 7.11 Å². The van der Waals surface area contributed by atoms with Gasteiger partial charge in [-0.2, -0.15) is 0 Å². The molecule has 0 radical (unpaired) electrons. The van der Waals surface area contributed by atoms with E-state index in [1.54, 1.807) is 26.8 Å². The summed E-state index contributed by atoms with van der Waals surface area (Å²) < 4.78 is 24.2. The first-order chi connectivity index (χ1) is 8.71. The molecule has 104 valence electrons. The minimum absolute atomic E-state index is 0.115. The molecule has 0 amide bonds. The molecule has 0 saturated carbocycles. The van der Waals surface area contributed by atoms with Crippen LogP contribution in [0.3, 0.4) is 0 Å². The lowest BCUT2D eigenvalue weighted by Gasteiger charge is -2.26. The number of methoxy groups -OCH3 is 1. The van der Waals surface area contributed by atoms with E-state index in [2.05, 4.69) is 4.74 Å². The number of carbonyl (C=O) groups excluding carboxylic acids is 2. The van der Waals surface area contributed by atoms with Gasteiger partial charge in [-0.05, 0) is 20.8 Å². The molecule has 5 heteroatoms. The zero-order valence-electron chi connectivity index (χ0n) is 11.4. The number of alkyl halides is 1. The van der Waals surface area contributed by atoms with Crippen molar-refractivity contribution >= 4 is 11.9 Å². The molecule has 0 aromatic heterocycles. The van der Waals surface area contributed by atoms with E-state index in [1.807, 2.05) is 0 Å². The maximum atomic E-state index is 14.9. The zero-order chi connectivity index (χ0) is 14.7. The van der Waals surface area contributed by atoms with E-state index in [0.29, 0.717) is 0 Å². The molecule has 0 aliphatic rings. The highest BCUT2D eigenvalue weighted by molar-refractivity contribution is 6.04. The van der Waals surface area contributed by atoms with Crippen molar-refractivity contribution in [2.75, 3.05) is 7.11 Å². The van der Waals surface area contributed by atoms with E-state index in [4.69, 9.17) is 4.74 Å². The van der Waals surface area contributed by atoms with Gasteiger partial charge in [-0.25, -0.2) is 14.0 Å². The molecule has 0 heterocycles. The van der Waals surface area contributed by atoms with E-state index in [1.165, 1.54) is 24.3 Å². The fourth-order valence-electron chi connectivity index (χ4n) is 1.48. The molecule has 0 spiro atoms. The first-order valence-corrected chi connectivity index (χ1v) is 5.78. The Bertz CT molecular complexity index is 464. The van der Waals surface area contributed by atoms with E-state index in [9.17, 15) is 14.0 Å². The third-order valence-electron chi connectivity index (χ3n) is 2.32. The predicted molar refractivity (Wildman–Crippen MR) is 67.1 cm³/mol. The standard InChI is InChI=1S/C14H17FO4/c1-13(2,3)19-12(17)14(15,11(16)18-4)10-8-6-5-7-9-10/h5-9H,1-4H3/t14-/m1/s1. The van der Waals surface area contributed by atoms with E-state index in [-0.39, 0.29) is 5.56 Å².